The Labute approximate surface area is 127 Å². The summed E-state index contributed by atoms with van der Waals surface area (Å²) >= 11 is 0. The van der Waals surface area contributed by atoms with Crippen LogP contribution in [0.5, 0.6) is 5.88 Å². The van der Waals surface area contributed by atoms with Crippen LogP contribution in [0.4, 0.5) is 0 Å². The second-order valence-corrected chi connectivity index (χ2v) is 5.39. The van der Waals surface area contributed by atoms with Crippen molar-refractivity contribution in [1.29, 1.82) is 0 Å². The maximum atomic E-state index is 9.10. The van der Waals surface area contributed by atoms with Crippen LogP contribution in [0.2, 0.25) is 0 Å². The number of aliphatic carboxylic acids is 2. The smallest absolute Gasteiger partial charge is 0.414 e. The summed E-state index contributed by atoms with van der Waals surface area (Å²) in [4.78, 5) is 26.9. The molecule has 3 fully saturated rings. The zero-order valence-electron chi connectivity index (χ0n) is 12.2. The van der Waals surface area contributed by atoms with Crippen molar-refractivity contribution in [3.63, 3.8) is 0 Å². The molecule has 120 valence electrons. The zero-order valence-corrected chi connectivity index (χ0v) is 12.2. The fourth-order valence-corrected chi connectivity index (χ4v) is 2.96. The van der Waals surface area contributed by atoms with Gasteiger partial charge in [0.1, 0.15) is 0 Å². The first-order chi connectivity index (χ1) is 10.5. The summed E-state index contributed by atoms with van der Waals surface area (Å²) in [6.45, 7) is 1.19. The van der Waals surface area contributed by atoms with E-state index in [2.05, 4.69) is 15.3 Å². The van der Waals surface area contributed by atoms with E-state index in [9.17, 15) is 0 Å². The van der Waals surface area contributed by atoms with E-state index in [1.807, 2.05) is 6.20 Å². The summed E-state index contributed by atoms with van der Waals surface area (Å²) in [7, 11) is 1.62. The van der Waals surface area contributed by atoms with E-state index in [4.69, 9.17) is 24.5 Å². The Hall–Kier alpha value is -2.22. The highest BCUT2D eigenvalue weighted by Crippen LogP contribution is 2.38. The van der Waals surface area contributed by atoms with Gasteiger partial charge in [-0.3, -0.25) is 4.98 Å². The molecule has 1 aliphatic carbocycles. The maximum absolute atomic E-state index is 9.10. The van der Waals surface area contributed by atoms with Gasteiger partial charge in [-0.15, -0.1) is 0 Å². The highest BCUT2D eigenvalue weighted by Gasteiger charge is 2.36. The number of ether oxygens (including phenoxy) is 1. The van der Waals surface area contributed by atoms with E-state index >= 15 is 0 Å². The SMILES string of the molecule is COc1cnc(C2CC3CCC2NC3)cn1.O=C(O)C(=O)O. The maximum Gasteiger partial charge on any atom is 0.414 e. The average Bonchev–Trinajstić information content (AvgIpc) is 2.56. The first-order valence-corrected chi connectivity index (χ1v) is 7.06. The van der Waals surface area contributed by atoms with Gasteiger partial charge in [0.2, 0.25) is 5.88 Å². The standard InChI is InChI=1S/C12H17N3O.C2H2O4/c1-16-12-7-14-11(6-15-12)9-4-8-2-3-10(9)13-5-8;3-1(4)2(5)6/h6-10,13H,2-5H2,1H3;(H,3,4)(H,5,6). The number of piperidine rings is 2. The third kappa shape index (κ3) is 3.91. The number of carboxylic acids is 2. The van der Waals surface area contributed by atoms with Gasteiger partial charge in [0.25, 0.3) is 0 Å². The van der Waals surface area contributed by atoms with E-state index in [0.29, 0.717) is 17.8 Å². The topological polar surface area (TPSA) is 122 Å². The summed E-state index contributed by atoms with van der Waals surface area (Å²) in [5, 5.41) is 18.4. The van der Waals surface area contributed by atoms with Crippen molar-refractivity contribution < 1.29 is 24.5 Å². The van der Waals surface area contributed by atoms with Crippen molar-refractivity contribution in [1.82, 2.24) is 15.3 Å². The van der Waals surface area contributed by atoms with Crippen LogP contribution in [0, 0.1) is 5.92 Å². The lowest BCUT2D eigenvalue weighted by atomic mass is 9.73. The van der Waals surface area contributed by atoms with Gasteiger partial charge in [0.05, 0.1) is 25.2 Å². The second-order valence-electron chi connectivity index (χ2n) is 5.39. The number of methoxy groups -OCH3 is 1. The molecule has 2 aliphatic heterocycles. The number of rotatable bonds is 2. The Balaban J connectivity index is 0.000000254. The summed E-state index contributed by atoms with van der Waals surface area (Å²) in [6.07, 6.45) is 7.50. The van der Waals surface area contributed by atoms with Gasteiger partial charge in [0.15, 0.2) is 0 Å². The fraction of sp³-hybridized carbons (Fsp3) is 0.571. The molecule has 1 aromatic heterocycles. The van der Waals surface area contributed by atoms with Crippen LogP contribution < -0.4 is 10.1 Å². The highest BCUT2D eigenvalue weighted by molar-refractivity contribution is 6.27. The lowest BCUT2D eigenvalue weighted by Gasteiger charge is -2.42. The van der Waals surface area contributed by atoms with E-state index in [1.54, 1.807) is 13.3 Å². The van der Waals surface area contributed by atoms with Gasteiger partial charge < -0.3 is 20.3 Å². The Morgan fingerprint density at radius 3 is 2.32 bits per heavy atom. The van der Waals surface area contributed by atoms with Crippen LogP contribution in [0.25, 0.3) is 0 Å². The molecule has 1 aromatic rings. The van der Waals surface area contributed by atoms with E-state index < -0.39 is 11.9 Å². The predicted molar refractivity (Wildman–Crippen MR) is 75.7 cm³/mol. The van der Waals surface area contributed by atoms with E-state index in [1.165, 1.54) is 25.8 Å². The molecular formula is C14H19N3O5. The van der Waals surface area contributed by atoms with Crippen molar-refractivity contribution in [2.75, 3.05) is 13.7 Å². The number of nitrogens with zero attached hydrogens (tertiary/aromatic N) is 2. The van der Waals surface area contributed by atoms with Gasteiger partial charge in [-0.25, -0.2) is 14.6 Å². The molecule has 3 atom stereocenters. The zero-order chi connectivity index (χ0) is 16.1. The monoisotopic (exact) mass is 309 g/mol. The molecule has 8 nitrogen and oxygen atoms in total. The Bertz CT molecular complexity index is 514. The second kappa shape index (κ2) is 7.17. The van der Waals surface area contributed by atoms with E-state index in [-0.39, 0.29) is 0 Å². The number of hydrogen-bond donors (Lipinski definition) is 3. The molecule has 3 aliphatic rings. The molecule has 0 spiro atoms. The minimum Gasteiger partial charge on any atom is -0.480 e. The number of nitrogens with one attached hydrogen (secondary N) is 1. The van der Waals surface area contributed by atoms with Crippen molar-refractivity contribution in [2.24, 2.45) is 5.92 Å². The van der Waals surface area contributed by atoms with Crippen molar-refractivity contribution in [2.45, 2.75) is 31.2 Å². The molecule has 2 bridgehead atoms. The van der Waals surface area contributed by atoms with Crippen LogP contribution in [-0.4, -0.2) is 51.8 Å². The van der Waals surface area contributed by atoms with Crippen LogP contribution in [0.15, 0.2) is 12.4 Å². The minimum atomic E-state index is -1.82. The van der Waals surface area contributed by atoms with E-state index in [0.717, 1.165) is 11.6 Å². The Morgan fingerprint density at radius 2 is 1.95 bits per heavy atom. The average molecular weight is 309 g/mol. The third-order valence-corrected chi connectivity index (χ3v) is 4.05. The summed E-state index contributed by atoms with van der Waals surface area (Å²) < 4.78 is 5.03. The number of aromatic nitrogens is 2. The molecule has 3 N–H and O–H groups in total. The molecule has 2 saturated heterocycles. The minimum absolute atomic E-state index is 0.547. The molecule has 0 radical (unpaired) electrons. The van der Waals surface area contributed by atoms with Gasteiger partial charge in [-0.05, 0) is 31.7 Å². The normalized spacial score (nSPS) is 25.8. The molecule has 0 amide bonds. The number of carbonyl (C=O) groups is 2. The quantitative estimate of drug-likeness (QED) is 0.675. The Morgan fingerprint density at radius 1 is 1.23 bits per heavy atom. The van der Waals surface area contributed by atoms with Gasteiger partial charge >= 0.3 is 11.9 Å². The first kappa shape index (κ1) is 16.2. The summed E-state index contributed by atoms with van der Waals surface area (Å²) in [5.74, 6) is -1.67. The highest BCUT2D eigenvalue weighted by atomic mass is 16.5. The van der Waals surface area contributed by atoms with Crippen LogP contribution >= 0.6 is 0 Å². The van der Waals surface area contributed by atoms with Gasteiger partial charge in [0, 0.05) is 12.0 Å². The Kier molecular flexibility index (Phi) is 5.26. The lowest BCUT2D eigenvalue weighted by molar-refractivity contribution is -0.159. The van der Waals surface area contributed by atoms with Gasteiger partial charge in [-0.2, -0.15) is 0 Å². The van der Waals surface area contributed by atoms with Crippen molar-refractivity contribution in [3.8, 4) is 5.88 Å². The largest absolute Gasteiger partial charge is 0.480 e. The first-order valence-electron chi connectivity index (χ1n) is 7.06. The van der Waals surface area contributed by atoms with Crippen molar-refractivity contribution >= 4 is 11.9 Å². The number of hydrogen-bond acceptors (Lipinski definition) is 6. The molecule has 3 unspecified atom stereocenters. The lowest BCUT2D eigenvalue weighted by Crippen LogP contribution is -2.49. The van der Waals surface area contributed by atoms with Gasteiger partial charge in [-0.1, -0.05) is 0 Å². The molecule has 4 rings (SSSR count). The fourth-order valence-electron chi connectivity index (χ4n) is 2.96. The van der Waals surface area contributed by atoms with Crippen LogP contribution in [0.1, 0.15) is 30.9 Å². The molecular weight excluding hydrogens is 290 g/mol. The summed E-state index contributed by atoms with van der Waals surface area (Å²) in [6, 6.07) is 0.604. The molecule has 22 heavy (non-hydrogen) atoms. The number of carboxylic acid groups (broad SMARTS) is 2. The third-order valence-electron chi connectivity index (χ3n) is 4.05. The van der Waals surface area contributed by atoms with Crippen molar-refractivity contribution in [3.05, 3.63) is 18.1 Å². The van der Waals surface area contributed by atoms with Crippen LogP contribution in [0.3, 0.4) is 0 Å². The molecule has 8 heteroatoms. The molecule has 1 saturated carbocycles. The van der Waals surface area contributed by atoms with Crippen LogP contribution in [-0.2, 0) is 9.59 Å². The number of fused-ring (bicyclic) bond motifs is 3. The molecule has 3 heterocycles. The molecule has 0 aromatic carbocycles. The summed E-state index contributed by atoms with van der Waals surface area (Å²) in [5.41, 5.74) is 1.11. The predicted octanol–water partition coefficient (Wildman–Crippen LogP) is 0.496.